The van der Waals surface area contributed by atoms with Crippen molar-refractivity contribution in [3.63, 3.8) is 0 Å². The van der Waals surface area contributed by atoms with Crippen LogP contribution in [0, 0.1) is 5.92 Å². The molecule has 19 atom stereocenters. The first-order chi connectivity index (χ1) is 38.4. The Balaban J connectivity index is 1.64. The quantitative estimate of drug-likeness (QED) is 0.0388. The van der Waals surface area contributed by atoms with Gasteiger partial charge in [0.25, 0.3) is 5.79 Å². The average Bonchev–Trinajstić information content (AvgIpc) is 3.54. The van der Waals surface area contributed by atoms with Crippen molar-refractivity contribution in [3.05, 3.63) is 0 Å². The van der Waals surface area contributed by atoms with E-state index in [1.807, 2.05) is 0 Å². The van der Waals surface area contributed by atoms with Gasteiger partial charge < -0.3 is 100 Å². The summed E-state index contributed by atoms with van der Waals surface area (Å²) in [5, 5.41) is 143. The Labute approximate surface area is 475 Å². The zero-order chi connectivity index (χ0) is 59.0. The number of aliphatic carboxylic acids is 1. The molecule has 0 aromatic rings. The van der Waals surface area contributed by atoms with E-state index < -0.39 is 155 Å². The topological polar surface area (TPSA) is 365 Å². The van der Waals surface area contributed by atoms with E-state index in [-0.39, 0.29) is 18.7 Å². The number of aliphatic hydroxyl groups is 12. The highest BCUT2D eigenvalue weighted by molar-refractivity contribution is 5.76. The fourth-order valence-corrected chi connectivity index (χ4v) is 11.1. The summed E-state index contributed by atoms with van der Waals surface area (Å²) < 4.78 is 34.6. The van der Waals surface area contributed by atoms with E-state index in [4.69, 9.17) is 28.4 Å². The van der Waals surface area contributed by atoms with E-state index in [0.717, 1.165) is 51.4 Å². The summed E-state index contributed by atoms with van der Waals surface area (Å²) >= 11 is 0. The lowest BCUT2D eigenvalue weighted by molar-refractivity contribution is -0.388. The van der Waals surface area contributed by atoms with Gasteiger partial charge in [0.05, 0.1) is 50.8 Å². The number of aliphatic hydroxyl groups excluding tert-OH is 12. The Morgan fingerprint density at radius 3 is 1.54 bits per heavy atom. The molecule has 3 heterocycles. The van der Waals surface area contributed by atoms with Gasteiger partial charge in [0.2, 0.25) is 5.91 Å². The molecule has 14 N–H and O–H groups in total. The molecule has 3 aliphatic rings. The molecule has 22 heteroatoms. The average molecular weight is 1160 g/mol. The standard InChI is InChI=1S/C58H109NO21/c1-4-6-8-10-12-14-16-18-19-20-22-24-26-28-30-32-45(66)59-39(46(67)40(63)31-29-27-25-23-21-17-15-13-11-9-7-5-2)37-75-55-50(71)49(70)53(44(36-62)77-55)78-56-51(72)54(48(69)43(35-61)76-56)80-58(57(73)74)33-41(64)38(3)52(79-58)47(68)42(65)34-60/h38-44,46-56,60-65,67-72H,4-37H2,1-3H3,(H,59,66)(H,73,74)/t38-,39+,40-,41?,42-,43?,44+,46+,47-,48+,49?,50?,51?,52-,53-,54+,55-,56+,58?/m1/s1. The Morgan fingerprint density at radius 1 is 0.588 bits per heavy atom. The molecular weight excluding hydrogens is 1050 g/mol. The maximum absolute atomic E-state index is 13.4. The fourth-order valence-electron chi connectivity index (χ4n) is 11.1. The van der Waals surface area contributed by atoms with Gasteiger partial charge in [-0.3, -0.25) is 4.79 Å². The number of hydrogen-bond donors (Lipinski definition) is 14. The molecule has 0 aromatic carbocycles. The van der Waals surface area contributed by atoms with Gasteiger partial charge in [-0.1, -0.05) is 188 Å². The van der Waals surface area contributed by atoms with Crippen LogP contribution in [-0.4, -0.2) is 215 Å². The highest BCUT2D eigenvalue weighted by Crippen LogP contribution is 2.40. The summed E-state index contributed by atoms with van der Waals surface area (Å²) in [5.74, 6) is -6.23. The van der Waals surface area contributed by atoms with E-state index in [9.17, 15) is 76.0 Å². The van der Waals surface area contributed by atoms with E-state index in [2.05, 4.69) is 19.2 Å². The van der Waals surface area contributed by atoms with Crippen LogP contribution in [-0.2, 0) is 38.0 Å². The predicted octanol–water partition coefficient (Wildman–Crippen LogP) is 3.49. The lowest BCUT2D eigenvalue weighted by atomic mass is 9.84. The maximum Gasteiger partial charge on any atom is 0.364 e. The van der Waals surface area contributed by atoms with Crippen LogP contribution >= 0.6 is 0 Å². The van der Waals surface area contributed by atoms with Crippen LogP contribution in [0.25, 0.3) is 0 Å². The molecule has 0 spiro atoms. The molecule has 22 nitrogen and oxygen atoms in total. The van der Waals surface area contributed by atoms with Crippen molar-refractivity contribution in [2.45, 2.75) is 323 Å². The molecule has 3 saturated heterocycles. The van der Waals surface area contributed by atoms with Crippen molar-refractivity contribution in [1.82, 2.24) is 5.32 Å². The zero-order valence-corrected chi connectivity index (χ0v) is 48.5. The second kappa shape index (κ2) is 40.5. The first-order valence-electron chi connectivity index (χ1n) is 30.8. The Hall–Kier alpha value is -1.78. The largest absolute Gasteiger partial charge is 0.477 e. The highest BCUT2D eigenvalue weighted by Gasteiger charge is 2.59. The van der Waals surface area contributed by atoms with Crippen LogP contribution in [0.5, 0.6) is 0 Å². The number of carbonyl (C=O) groups is 2. The summed E-state index contributed by atoms with van der Waals surface area (Å²) in [6.07, 6.45) is 1.71. The summed E-state index contributed by atoms with van der Waals surface area (Å²) in [7, 11) is 0. The normalized spacial score (nSPS) is 31.1. The van der Waals surface area contributed by atoms with Crippen LogP contribution in [0.4, 0.5) is 0 Å². The van der Waals surface area contributed by atoms with Crippen molar-refractivity contribution in [2.24, 2.45) is 5.92 Å². The molecule has 0 bridgehead atoms. The molecular formula is C58H109NO21. The minimum absolute atomic E-state index is 0.155. The van der Waals surface area contributed by atoms with Crippen molar-refractivity contribution in [1.29, 1.82) is 0 Å². The maximum atomic E-state index is 13.4. The second-order valence-electron chi connectivity index (χ2n) is 23.1. The highest BCUT2D eigenvalue weighted by atomic mass is 16.8. The summed E-state index contributed by atoms with van der Waals surface area (Å²) in [6.45, 7) is 2.47. The number of amides is 1. The van der Waals surface area contributed by atoms with Gasteiger partial charge in [-0.25, -0.2) is 4.79 Å². The van der Waals surface area contributed by atoms with E-state index in [1.54, 1.807) is 0 Å². The van der Waals surface area contributed by atoms with Crippen LogP contribution in [0.3, 0.4) is 0 Å². The number of rotatable bonds is 45. The van der Waals surface area contributed by atoms with Gasteiger partial charge in [-0.15, -0.1) is 0 Å². The molecule has 6 unspecified atom stereocenters. The first-order valence-corrected chi connectivity index (χ1v) is 30.8. The molecule has 3 rings (SSSR count). The van der Waals surface area contributed by atoms with Crippen LogP contribution in [0.2, 0.25) is 0 Å². The third kappa shape index (κ3) is 24.3. The van der Waals surface area contributed by atoms with Crippen molar-refractivity contribution in [2.75, 3.05) is 26.4 Å². The molecule has 472 valence electrons. The number of carboxylic acids is 1. The Kier molecular flexibility index (Phi) is 36.7. The molecule has 0 saturated carbocycles. The molecule has 0 aromatic heterocycles. The number of carboxylic acid groups (broad SMARTS) is 1. The summed E-state index contributed by atoms with van der Waals surface area (Å²) in [4.78, 5) is 26.2. The Bertz CT molecular complexity index is 1610. The van der Waals surface area contributed by atoms with Crippen LogP contribution in [0.1, 0.15) is 213 Å². The minimum Gasteiger partial charge on any atom is -0.477 e. The number of ether oxygens (including phenoxy) is 6. The molecule has 0 radical (unpaired) electrons. The van der Waals surface area contributed by atoms with Crippen LogP contribution in [0.15, 0.2) is 0 Å². The lowest BCUT2D eigenvalue weighted by Crippen LogP contribution is -2.68. The SMILES string of the molecule is CCCCCCCCCCCCCCCCCC(=O)N[C@@H](CO[C@@H]1O[C@@H](CO)[C@@H](O[C@@H]2OC(CO)[C@H](O)[C@H](OC3(C(=O)O)CC(O)[C@@H](C)[C@H]([C@H](O)[C@H](O)CO)O3)C2O)C(O)C1O)[C@H](O)[C@H](O)CCCCCCCCCCCCCC. The van der Waals surface area contributed by atoms with Gasteiger partial charge in [0, 0.05) is 18.8 Å². The van der Waals surface area contributed by atoms with Gasteiger partial charge in [0.15, 0.2) is 12.6 Å². The third-order valence-corrected chi connectivity index (χ3v) is 16.4. The number of unbranched alkanes of at least 4 members (excludes halogenated alkanes) is 25. The smallest absolute Gasteiger partial charge is 0.364 e. The van der Waals surface area contributed by atoms with Gasteiger partial charge in [0.1, 0.15) is 67.1 Å². The molecule has 0 aliphatic carbocycles. The van der Waals surface area contributed by atoms with E-state index in [0.29, 0.717) is 12.8 Å². The van der Waals surface area contributed by atoms with Crippen molar-refractivity contribution >= 4 is 11.9 Å². The molecule has 80 heavy (non-hydrogen) atoms. The zero-order valence-electron chi connectivity index (χ0n) is 48.5. The third-order valence-electron chi connectivity index (χ3n) is 16.4. The van der Waals surface area contributed by atoms with Gasteiger partial charge >= 0.3 is 5.97 Å². The van der Waals surface area contributed by atoms with Gasteiger partial charge in [-0.05, 0) is 12.8 Å². The molecule has 3 aliphatic heterocycles. The number of carbonyl (C=O) groups excluding carboxylic acids is 1. The van der Waals surface area contributed by atoms with Crippen molar-refractivity contribution < 1.29 is 104 Å². The minimum atomic E-state index is -2.93. The second-order valence-corrected chi connectivity index (χ2v) is 23.1. The first kappa shape index (κ1) is 72.5. The number of hydrogen-bond acceptors (Lipinski definition) is 20. The lowest BCUT2D eigenvalue weighted by Gasteiger charge is -2.50. The summed E-state index contributed by atoms with van der Waals surface area (Å²) in [6, 6.07) is -1.20. The van der Waals surface area contributed by atoms with Crippen molar-refractivity contribution in [3.8, 4) is 0 Å². The van der Waals surface area contributed by atoms with E-state index >= 15 is 0 Å². The van der Waals surface area contributed by atoms with E-state index in [1.165, 1.54) is 116 Å². The Morgan fingerprint density at radius 2 is 1.06 bits per heavy atom. The summed E-state index contributed by atoms with van der Waals surface area (Å²) in [5.41, 5.74) is 0. The monoisotopic (exact) mass is 1160 g/mol. The fraction of sp³-hybridized carbons (Fsp3) is 0.966. The number of nitrogens with one attached hydrogen (secondary N) is 1. The van der Waals surface area contributed by atoms with Gasteiger partial charge in [-0.2, -0.15) is 0 Å². The predicted molar refractivity (Wildman–Crippen MR) is 295 cm³/mol. The van der Waals surface area contributed by atoms with Crippen LogP contribution < -0.4 is 5.32 Å². The molecule has 3 fully saturated rings. The molecule has 1 amide bonds.